The van der Waals surface area contributed by atoms with Crippen molar-refractivity contribution >= 4 is 46.7 Å². The molecule has 1 aliphatic heterocycles. The van der Waals surface area contributed by atoms with Crippen LogP contribution >= 0.6 is 11.6 Å². The number of benzene rings is 2. The maximum absolute atomic E-state index is 12.4. The number of hydrogen-bond acceptors (Lipinski definition) is 6. The highest BCUT2D eigenvalue weighted by molar-refractivity contribution is 6.33. The summed E-state index contributed by atoms with van der Waals surface area (Å²) in [4.78, 5) is 50.0. The molecule has 0 aromatic heterocycles. The molecule has 9 heteroatoms. The molecular formula is C23H23ClN2O6. The van der Waals surface area contributed by atoms with E-state index >= 15 is 0 Å². The van der Waals surface area contributed by atoms with Crippen LogP contribution in [0.1, 0.15) is 30.1 Å². The number of nitrogens with zero attached hydrogens (tertiary/aromatic N) is 1. The summed E-state index contributed by atoms with van der Waals surface area (Å²) in [5.74, 6) is -2.51. The van der Waals surface area contributed by atoms with E-state index < -0.39 is 30.4 Å². The molecule has 0 spiro atoms. The molecule has 168 valence electrons. The van der Waals surface area contributed by atoms with Gasteiger partial charge in [-0.1, -0.05) is 30.7 Å². The van der Waals surface area contributed by atoms with Crippen molar-refractivity contribution in [2.45, 2.75) is 19.8 Å². The van der Waals surface area contributed by atoms with E-state index in [0.717, 1.165) is 6.42 Å². The third-order valence-corrected chi connectivity index (χ3v) is 5.11. The number of nitrogens with one attached hydrogen (secondary N) is 1. The first-order valence-electron chi connectivity index (χ1n) is 10.2. The van der Waals surface area contributed by atoms with Crippen molar-refractivity contribution in [1.29, 1.82) is 0 Å². The van der Waals surface area contributed by atoms with Crippen molar-refractivity contribution in [2.75, 3.05) is 30.0 Å². The molecule has 0 bridgehead atoms. The van der Waals surface area contributed by atoms with Crippen LogP contribution < -0.4 is 10.2 Å². The Balaban J connectivity index is 1.48. The Morgan fingerprint density at radius 1 is 1.09 bits per heavy atom. The van der Waals surface area contributed by atoms with Crippen molar-refractivity contribution < 1.29 is 28.7 Å². The van der Waals surface area contributed by atoms with E-state index in [0.29, 0.717) is 28.6 Å². The molecular weight excluding hydrogens is 436 g/mol. The number of rotatable bonds is 8. The number of carbonyl (C=O) groups excluding carboxylic acids is 4. The monoisotopic (exact) mass is 458 g/mol. The minimum atomic E-state index is -0.681. The Hall–Kier alpha value is -3.39. The fraction of sp³-hybridized carbons (Fsp3) is 0.304. The lowest BCUT2D eigenvalue weighted by atomic mass is 10.1. The van der Waals surface area contributed by atoms with Gasteiger partial charge in [0.1, 0.15) is 0 Å². The van der Waals surface area contributed by atoms with Gasteiger partial charge in [0.15, 0.2) is 6.61 Å². The van der Waals surface area contributed by atoms with Gasteiger partial charge in [0.2, 0.25) is 5.91 Å². The number of carbonyl (C=O) groups is 4. The van der Waals surface area contributed by atoms with E-state index in [4.69, 9.17) is 21.1 Å². The molecule has 2 aromatic carbocycles. The summed E-state index contributed by atoms with van der Waals surface area (Å²) < 4.78 is 10.1. The normalized spacial score (nSPS) is 15.4. The molecule has 1 saturated heterocycles. The fourth-order valence-electron chi connectivity index (χ4n) is 3.19. The Morgan fingerprint density at radius 2 is 1.81 bits per heavy atom. The van der Waals surface area contributed by atoms with Crippen molar-refractivity contribution in [3.05, 3.63) is 59.1 Å². The van der Waals surface area contributed by atoms with Gasteiger partial charge in [-0.05, 0) is 42.8 Å². The first-order valence-corrected chi connectivity index (χ1v) is 10.6. The van der Waals surface area contributed by atoms with Gasteiger partial charge in [-0.25, -0.2) is 4.79 Å². The molecule has 1 aliphatic rings. The number of hydrogen-bond donors (Lipinski definition) is 1. The Morgan fingerprint density at radius 3 is 2.50 bits per heavy atom. The zero-order valence-electron chi connectivity index (χ0n) is 17.5. The van der Waals surface area contributed by atoms with Crippen molar-refractivity contribution in [2.24, 2.45) is 5.92 Å². The topological polar surface area (TPSA) is 102 Å². The summed E-state index contributed by atoms with van der Waals surface area (Å²) in [5.41, 5.74) is 1.35. The van der Waals surface area contributed by atoms with Gasteiger partial charge < -0.3 is 19.7 Å². The van der Waals surface area contributed by atoms with Gasteiger partial charge in [0.25, 0.3) is 5.91 Å². The second-order valence-electron chi connectivity index (χ2n) is 7.23. The minimum Gasteiger partial charge on any atom is -0.462 e. The van der Waals surface area contributed by atoms with Crippen LogP contribution in [0.3, 0.4) is 0 Å². The highest BCUT2D eigenvalue weighted by atomic mass is 35.5. The highest BCUT2D eigenvalue weighted by Crippen LogP contribution is 2.31. The lowest BCUT2D eigenvalue weighted by Gasteiger charge is -2.17. The molecule has 2 amide bonds. The van der Waals surface area contributed by atoms with Gasteiger partial charge in [-0.2, -0.15) is 0 Å². The van der Waals surface area contributed by atoms with Gasteiger partial charge in [-0.3, -0.25) is 14.4 Å². The van der Waals surface area contributed by atoms with E-state index in [-0.39, 0.29) is 18.9 Å². The molecule has 0 radical (unpaired) electrons. The van der Waals surface area contributed by atoms with Crippen LogP contribution in [-0.4, -0.2) is 43.5 Å². The Bertz CT molecular complexity index is 1010. The summed E-state index contributed by atoms with van der Waals surface area (Å²) in [7, 11) is 0. The SMILES string of the molecule is CCCOC(=O)c1ccc(NC(=O)COC(=O)[C@@H]2CC(=O)N(c3ccccc3Cl)C2)cc1. The minimum absolute atomic E-state index is 0.0126. The zero-order chi connectivity index (χ0) is 23.1. The van der Waals surface area contributed by atoms with Crippen molar-refractivity contribution in [3.63, 3.8) is 0 Å². The number of anilines is 2. The van der Waals surface area contributed by atoms with Crippen LogP contribution in [-0.2, 0) is 23.9 Å². The van der Waals surface area contributed by atoms with Crippen molar-refractivity contribution in [1.82, 2.24) is 0 Å². The van der Waals surface area contributed by atoms with E-state index in [1.54, 1.807) is 36.4 Å². The smallest absolute Gasteiger partial charge is 0.338 e. The van der Waals surface area contributed by atoms with Crippen LogP contribution in [0.4, 0.5) is 11.4 Å². The summed E-state index contributed by atoms with van der Waals surface area (Å²) in [5, 5.41) is 3.00. The molecule has 32 heavy (non-hydrogen) atoms. The van der Waals surface area contributed by atoms with Crippen LogP contribution in [0.25, 0.3) is 0 Å². The molecule has 1 fully saturated rings. The molecule has 3 rings (SSSR count). The molecule has 1 atom stereocenters. The highest BCUT2D eigenvalue weighted by Gasteiger charge is 2.37. The van der Waals surface area contributed by atoms with E-state index in [1.807, 2.05) is 6.92 Å². The van der Waals surface area contributed by atoms with Gasteiger partial charge >= 0.3 is 11.9 Å². The van der Waals surface area contributed by atoms with E-state index in [9.17, 15) is 19.2 Å². The number of amides is 2. The zero-order valence-corrected chi connectivity index (χ0v) is 18.3. The third kappa shape index (κ3) is 5.85. The average Bonchev–Trinajstić information content (AvgIpc) is 3.18. The van der Waals surface area contributed by atoms with E-state index in [2.05, 4.69) is 5.32 Å². The molecule has 0 unspecified atom stereocenters. The number of ether oxygens (including phenoxy) is 2. The number of esters is 2. The Labute approximate surface area is 190 Å². The second-order valence-corrected chi connectivity index (χ2v) is 7.63. The molecule has 0 saturated carbocycles. The lowest BCUT2D eigenvalue weighted by Crippen LogP contribution is -2.28. The first-order chi connectivity index (χ1) is 15.4. The Kier molecular flexibility index (Phi) is 7.83. The van der Waals surface area contributed by atoms with Crippen LogP contribution in [0, 0.1) is 5.92 Å². The molecule has 2 aromatic rings. The fourth-order valence-corrected chi connectivity index (χ4v) is 3.43. The summed E-state index contributed by atoms with van der Waals surface area (Å²) in [6.07, 6.45) is 0.715. The van der Waals surface area contributed by atoms with Gasteiger partial charge in [0.05, 0.1) is 28.8 Å². The summed E-state index contributed by atoms with van der Waals surface area (Å²) >= 11 is 6.14. The van der Waals surface area contributed by atoms with E-state index in [1.165, 1.54) is 17.0 Å². The predicted octanol–water partition coefficient (Wildman–Crippen LogP) is 3.44. The lowest BCUT2D eigenvalue weighted by molar-refractivity contribution is -0.151. The van der Waals surface area contributed by atoms with Gasteiger partial charge in [0, 0.05) is 18.7 Å². The van der Waals surface area contributed by atoms with Crippen LogP contribution in [0.15, 0.2) is 48.5 Å². The largest absolute Gasteiger partial charge is 0.462 e. The molecule has 1 heterocycles. The molecule has 8 nitrogen and oxygen atoms in total. The second kappa shape index (κ2) is 10.8. The number of para-hydroxylation sites is 1. The predicted molar refractivity (Wildman–Crippen MR) is 119 cm³/mol. The summed E-state index contributed by atoms with van der Waals surface area (Å²) in [6.45, 7) is 1.89. The average molecular weight is 459 g/mol. The molecule has 0 aliphatic carbocycles. The third-order valence-electron chi connectivity index (χ3n) is 4.79. The summed E-state index contributed by atoms with van der Waals surface area (Å²) in [6, 6.07) is 13.1. The standard InChI is InChI=1S/C23H23ClN2O6/c1-2-11-31-22(29)15-7-9-17(10-8-15)25-20(27)14-32-23(30)16-12-21(28)26(13-16)19-6-4-3-5-18(19)24/h3-10,16H,2,11-14H2,1H3,(H,25,27)/t16-/m1/s1. The maximum atomic E-state index is 12.4. The quantitative estimate of drug-likeness (QED) is 0.608. The van der Waals surface area contributed by atoms with Crippen LogP contribution in [0.5, 0.6) is 0 Å². The van der Waals surface area contributed by atoms with Crippen LogP contribution in [0.2, 0.25) is 5.02 Å². The van der Waals surface area contributed by atoms with Crippen molar-refractivity contribution in [3.8, 4) is 0 Å². The first kappa shape index (κ1) is 23.3. The molecule has 1 N–H and O–H groups in total. The maximum Gasteiger partial charge on any atom is 0.338 e. The number of halogens is 1. The van der Waals surface area contributed by atoms with Gasteiger partial charge in [-0.15, -0.1) is 0 Å².